The van der Waals surface area contributed by atoms with Crippen LogP contribution >= 0.6 is 22.6 Å². The molecule has 1 aliphatic rings. The van der Waals surface area contributed by atoms with Crippen molar-refractivity contribution < 1.29 is 0 Å². The molecule has 0 aromatic carbocycles. The van der Waals surface area contributed by atoms with Gasteiger partial charge in [0.1, 0.15) is 5.82 Å². The molecule has 0 amide bonds. The zero-order valence-corrected chi connectivity index (χ0v) is 9.81. The molecule has 0 bridgehead atoms. The minimum absolute atomic E-state index is 0.518. The Kier molecular flexibility index (Phi) is 2.80. The molecule has 0 aliphatic heterocycles. The van der Waals surface area contributed by atoms with E-state index < -0.39 is 0 Å². The lowest BCUT2D eigenvalue weighted by Gasteiger charge is -2.27. The highest BCUT2D eigenvalue weighted by Gasteiger charge is 2.26. The average Bonchev–Trinajstić information content (AvgIpc) is 2.52. The number of alkyl halides is 1. The minimum atomic E-state index is 0.518. The predicted octanol–water partition coefficient (Wildman–Crippen LogP) is 1.90. The molecule has 0 N–H and O–H groups in total. The molecule has 13 heavy (non-hydrogen) atoms. The Labute approximate surface area is 91.2 Å². The van der Waals surface area contributed by atoms with Gasteiger partial charge in [0.25, 0.3) is 0 Å². The van der Waals surface area contributed by atoms with Gasteiger partial charge >= 0.3 is 0 Å². The standard InChI is InChI=1S/C8H13IN4/c1-6-10-11-12-13(6)8-5-3-2-4-7(8)9/h7-8H,2-5H2,1H3. The Bertz CT molecular complexity index is 285. The zero-order valence-electron chi connectivity index (χ0n) is 7.65. The van der Waals surface area contributed by atoms with Gasteiger partial charge in [0, 0.05) is 3.92 Å². The molecule has 4 nitrogen and oxygen atoms in total. The van der Waals surface area contributed by atoms with Crippen molar-refractivity contribution in [3.63, 3.8) is 0 Å². The number of aryl methyl sites for hydroxylation is 1. The van der Waals surface area contributed by atoms with E-state index in [4.69, 9.17) is 0 Å². The first-order chi connectivity index (χ1) is 6.29. The van der Waals surface area contributed by atoms with Gasteiger partial charge in [-0.25, -0.2) is 4.68 Å². The number of hydrogen-bond acceptors (Lipinski definition) is 3. The summed E-state index contributed by atoms with van der Waals surface area (Å²) < 4.78 is 2.67. The summed E-state index contributed by atoms with van der Waals surface area (Å²) >= 11 is 2.52. The summed E-state index contributed by atoms with van der Waals surface area (Å²) in [6.45, 7) is 1.97. The van der Waals surface area contributed by atoms with Gasteiger partial charge in [0.05, 0.1) is 6.04 Å². The number of tetrazole rings is 1. The Hall–Kier alpha value is -0.200. The van der Waals surface area contributed by atoms with Crippen LogP contribution in [0.3, 0.4) is 0 Å². The van der Waals surface area contributed by atoms with Crippen LogP contribution in [0, 0.1) is 6.92 Å². The van der Waals surface area contributed by atoms with E-state index in [-0.39, 0.29) is 0 Å². The molecule has 1 aromatic rings. The van der Waals surface area contributed by atoms with Crippen LogP contribution in [0.4, 0.5) is 0 Å². The molecule has 5 heteroatoms. The molecule has 1 saturated carbocycles. The molecular weight excluding hydrogens is 279 g/mol. The second kappa shape index (κ2) is 3.89. The summed E-state index contributed by atoms with van der Waals surface area (Å²) in [5, 5.41) is 11.7. The highest BCUT2D eigenvalue weighted by molar-refractivity contribution is 14.1. The highest BCUT2D eigenvalue weighted by Crippen LogP contribution is 2.33. The van der Waals surface area contributed by atoms with Crippen LogP contribution in [0.25, 0.3) is 0 Å². The second-order valence-electron chi connectivity index (χ2n) is 3.54. The number of nitrogens with zero attached hydrogens (tertiary/aromatic N) is 4. The molecule has 2 atom stereocenters. The van der Waals surface area contributed by atoms with Crippen LogP contribution < -0.4 is 0 Å². The molecule has 1 heterocycles. The molecule has 1 fully saturated rings. The van der Waals surface area contributed by atoms with Crippen molar-refractivity contribution in [1.29, 1.82) is 0 Å². The largest absolute Gasteiger partial charge is 0.226 e. The van der Waals surface area contributed by atoms with Gasteiger partial charge in [0.15, 0.2) is 0 Å². The first-order valence-electron chi connectivity index (χ1n) is 4.67. The summed E-state index contributed by atoms with van der Waals surface area (Å²) in [6, 6.07) is 0.518. The van der Waals surface area contributed by atoms with Crippen LogP contribution in [0.15, 0.2) is 0 Å². The van der Waals surface area contributed by atoms with Gasteiger partial charge in [-0.1, -0.05) is 35.4 Å². The summed E-state index contributed by atoms with van der Waals surface area (Å²) in [4.78, 5) is 0. The average molecular weight is 292 g/mol. The SMILES string of the molecule is Cc1nnnn1C1CCCCC1I. The third-order valence-electron chi connectivity index (χ3n) is 2.62. The van der Waals surface area contributed by atoms with Crippen molar-refractivity contribution in [2.24, 2.45) is 0 Å². The number of hydrogen-bond donors (Lipinski definition) is 0. The van der Waals surface area contributed by atoms with Crippen LogP contribution in [0.2, 0.25) is 0 Å². The van der Waals surface area contributed by atoms with Gasteiger partial charge in [-0.05, 0) is 30.2 Å². The molecule has 72 valence electrons. The van der Waals surface area contributed by atoms with Crippen LogP contribution in [0.5, 0.6) is 0 Å². The maximum atomic E-state index is 4.04. The van der Waals surface area contributed by atoms with E-state index in [1.165, 1.54) is 25.7 Å². The molecule has 2 rings (SSSR count). The first-order valence-corrected chi connectivity index (χ1v) is 5.92. The zero-order chi connectivity index (χ0) is 9.26. The van der Waals surface area contributed by atoms with E-state index in [9.17, 15) is 0 Å². The van der Waals surface area contributed by atoms with Gasteiger partial charge < -0.3 is 0 Å². The number of rotatable bonds is 1. The molecule has 1 aliphatic carbocycles. The summed E-state index contributed by atoms with van der Waals surface area (Å²) in [5.41, 5.74) is 0. The molecule has 1 aromatic heterocycles. The van der Waals surface area contributed by atoms with Crippen LogP contribution in [-0.4, -0.2) is 24.1 Å². The van der Waals surface area contributed by atoms with Crippen molar-refractivity contribution in [3.05, 3.63) is 5.82 Å². The van der Waals surface area contributed by atoms with Gasteiger partial charge in [-0.2, -0.15) is 0 Å². The third-order valence-corrected chi connectivity index (χ3v) is 4.07. The van der Waals surface area contributed by atoms with Crippen LogP contribution in [-0.2, 0) is 0 Å². The number of aromatic nitrogens is 4. The summed E-state index contributed by atoms with van der Waals surface area (Å²) in [5.74, 6) is 0.938. The maximum absolute atomic E-state index is 4.04. The Morgan fingerprint density at radius 2 is 2.15 bits per heavy atom. The first kappa shape index (κ1) is 9.36. The van der Waals surface area contributed by atoms with E-state index in [0.29, 0.717) is 9.97 Å². The summed E-state index contributed by atoms with van der Waals surface area (Å²) in [7, 11) is 0. The molecular formula is C8H13IN4. The molecule has 2 unspecified atom stereocenters. The fraction of sp³-hybridized carbons (Fsp3) is 0.875. The third kappa shape index (κ3) is 1.84. The summed E-state index contributed by atoms with van der Waals surface area (Å²) in [6.07, 6.45) is 5.18. The lowest BCUT2D eigenvalue weighted by atomic mass is 9.95. The normalized spacial score (nSPS) is 29.1. The molecule has 0 saturated heterocycles. The van der Waals surface area contributed by atoms with Gasteiger partial charge in [0.2, 0.25) is 0 Å². The van der Waals surface area contributed by atoms with Gasteiger partial charge in [-0.3, -0.25) is 0 Å². The Morgan fingerprint density at radius 1 is 1.38 bits per heavy atom. The van der Waals surface area contributed by atoms with Crippen molar-refractivity contribution in [2.45, 2.75) is 42.6 Å². The van der Waals surface area contributed by atoms with Crippen LogP contribution in [0.1, 0.15) is 37.5 Å². The predicted molar refractivity (Wildman–Crippen MR) is 57.9 cm³/mol. The smallest absolute Gasteiger partial charge is 0.148 e. The number of halogens is 1. The highest BCUT2D eigenvalue weighted by atomic mass is 127. The maximum Gasteiger partial charge on any atom is 0.148 e. The van der Waals surface area contributed by atoms with E-state index >= 15 is 0 Å². The fourth-order valence-electron chi connectivity index (χ4n) is 1.89. The Morgan fingerprint density at radius 3 is 2.77 bits per heavy atom. The second-order valence-corrected chi connectivity index (χ2v) is 5.14. The van der Waals surface area contributed by atoms with Crippen molar-refractivity contribution >= 4 is 22.6 Å². The lowest BCUT2D eigenvalue weighted by molar-refractivity contribution is 0.338. The Balaban J connectivity index is 2.19. The minimum Gasteiger partial charge on any atom is -0.226 e. The fourth-order valence-corrected chi connectivity index (χ4v) is 2.99. The van der Waals surface area contributed by atoms with Gasteiger partial charge in [-0.15, -0.1) is 5.10 Å². The topological polar surface area (TPSA) is 43.6 Å². The van der Waals surface area contributed by atoms with Crippen molar-refractivity contribution in [1.82, 2.24) is 20.2 Å². The van der Waals surface area contributed by atoms with Crippen molar-refractivity contribution in [2.75, 3.05) is 0 Å². The van der Waals surface area contributed by atoms with Crippen molar-refractivity contribution in [3.8, 4) is 0 Å². The van der Waals surface area contributed by atoms with E-state index in [1.54, 1.807) is 0 Å². The lowest BCUT2D eigenvalue weighted by Crippen LogP contribution is -2.25. The van der Waals surface area contributed by atoms with E-state index in [0.717, 1.165) is 5.82 Å². The van der Waals surface area contributed by atoms with E-state index in [2.05, 4.69) is 38.1 Å². The molecule has 0 radical (unpaired) electrons. The quantitative estimate of drug-likeness (QED) is 0.586. The van der Waals surface area contributed by atoms with E-state index in [1.807, 2.05) is 11.6 Å². The monoisotopic (exact) mass is 292 g/mol. The molecule has 0 spiro atoms.